The average molecular weight is 212 g/mol. The Bertz CT molecular complexity index is 313. The SMILES string of the molecule is CC1SCCN1C(=O)Cn1cncn1. The molecule has 6 heteroatoms. The summed E-state index contributed by atoms with van der Waals surface area (Å²) in [5, 5.41) is 4.20. The fourth-order valence-corrected chi connectivity index (χ4v) is 2.51. The first-order valence-corrected chi connectivity index (χ1v) is 5.56. The molecule has 1 aliphatic rings. The van der Waals surface area contributed by atoms with E-state index in [0.29, 0.717) is 11.9 Å². The number of carbonyl (C=O) groups is 1. The molecule has 14 heavy (non-hydrogen) atoms. The molecule has 0 saturated carbocycles. The van der Waals surface area contributed by atoms with Crippen LogP contribution in [0.15, 0.2) is 12.7 Å². The van der Waals surface area contributed by atoms with Gasteiger partial charge in [-0.2, -0.15) is 5.10 Å². The van der Waals surface area contributed by atoms with Crippen LogP contribution in [0.1, 0.15) is 6.92 Å². The summed E-state index contributed by atoms with van der Waals surface area (Å²) in [7, 11) is 0. The number of rotatable bonds is 2. The molecule has 5 nitrogen and oxygen atoms in total. The number of hydrogen-bond acceptors (Lipinski definition) is 4. The molecule has 1 aliphatic heterocycles. The lowest BCUT2D eigenvalue weighted by Gasteiger charge is -2.19. The Kier molecular flexibility index (Phi) is 2.72. The van der Waals surface area contributed by atoms with Crippen LogP contribution < -0.4 is 0 Å². The van der Waals surface area contributed by atoms with Crippen molar-refractivity contribution in [2.75, 3.05) is 12.3 Å². The maximum Gasteiger partial charge on any atom is 0.245 e. The highest BCUT2D eigenvalue weighted by Crippen LogP contribution is 2.22. The predicted octanol–water partition coefficient (Wildman–Crippen LogP) is 0.200. The summed E-state index contributed by atoms with van der Waals surface area (Å²) in [6, 6.07) is 0. The number of amides is 1. The van der Waals surface area contributed by atoms with Crippen LogP contribution in [0.5, 0.6) is 0 Å². The molecule has 1 saturated heterocycles. The molecule has 1 atom stereocenters. The first-order valence-electron chi connectivity index (χ1n) is 4.51. The molecule has 1 aromatic rings. The zero-order valence-corrected chi connectivity index (χ0v) is 8.78. The lowest BCUT2D eigenvalue weighted by Crippen LogP contribution is -2.35. The van der Waals surface area contributed by atoms with Crippen molar-refractivity contribution >= 4 is 17.7 Å². The average Bonchev–Trinajstić information content (AvgIpc) is 2.75. The lowest BCUT2D eigenvalue weighted by atomic mass is 10.4. The molecular weight excluding hydrogens is 200 g/mol. The Morgan fingerprint density at radius 1 is 1.71 bits per heavy atom. The molecular formula is C8H12N4OS. The molecule has 0 bridgehead atoms. The summed E-state index contributed by atoms with van der Waals surface area (Å²) in [5.41, 5.74) is 0. The first-order chi connectivity index (χ1) is 6.77. The van der Waals surface area contributed by atoms with Gasteiger partial charge in [-0.1, -0.05) is 0 Å². The number of hydrogen-bond donors (Lipinski definition) is 0. The van der Waals surface area contributed by atoms with E-state index >= 15 is 0 Å². The third-order valence-electron chi connectivity index (χ3n) is 2.21. The molecule has 1 fully saturated rings. The van der Waals surface area contributed by atoms with Gasteiger partial charge in [-0.15, -0.1) is 11.8 Å². The lowest BCUT2D eigenvalue weighted by molar-refractivity contribution is -0.131. The van der Waals surface area contributed by atoms with Gasteiger partial charge in [-0.05, 0) is 6.92 Å². The van der Waals surface area contributed by atoms with E-state index in [1.54, 1.807) is 22.8 Å². The third kappa shape index (κ3) is 1.89. The van der Waals surface area contributed by atoms with Crippen LogP contribution in [0.2, 0.25) is 0 Å². The number of nitrogens with zero attached hydrogens (tertiary/aromatic N) is 4. The van der Waals surface area contributed by atoms with Gasteiger partial charge in [0.1, 0.15) is 19.2 Å². The highest BCUT2D eigenvalue weighted by molar-refractivity contribution is 8.00. The monoisotopic (exact) mass is 212 g/mol. The standard InChI is InChI=1S/C8H12N4OS/c1-7-12(2-3-14-7)8(13)4-11-6-9-5-10-11/h5-7H,2-4H2,1H3. The zero-order valence-electron chi connectivity index (χ0n) is 7.96. The highest BCUT2D eigenvalue weighted by Gasteiger charge is 2.25. The molecule has 0 aromatic carbocycles. The molecule has 0 radical (unpaired) electrons. The summed E-state index contributed by atoms with van der Waals surface area (Å²) < 4.78 is 1.55. The van der Waals surface area contributed by atoms with Gasteiger partial charge in [-0.25, -0.2) is 9.67 Å². The first kappa shape index (κ1) is 9.51. The second-order valence-electron chi connectivity index (χ2n) is 3.15. The summed E-state index contributed by atoms with van der Waals surface area (Å²) in [4.78, 5) is 17.4. The Morgan fingerprint density at radius 2 is 2.57 bits per heavy atom. The van der Waals surface area contributed by atoms with E-state index in [0.717, 1.165) is 12.3 Å². The largest absolute Gasteiger partial charge is 0.329 e. The van der Waals surface area contributed by atoms with Crippen LogP contribution in [0.25, 0.3) is 0 Å². The van der Waals surface area contributed by atoms with Crippen LogP contribution in [0.4, 0.5) is 0 Å². The number of aromatic nitrogens is 3. The fourth-order valence-electron chi connectivity index (χ4n) is 1.46. The van der Waals surface area contributed by atoms with Gasteiger partial charge in [0, 0.05) is 12.3 Å². The molecule has 2 heterocycles. The minimum atomic E-state index is 0.119. The molecule has 0 spiro atoms. The molecule has 1 amide bonds. The fraction of sp³-hybridized carbons (Fsp3) is 0.625. The van der Waals surface area contributed by atoms with Crippen molar-refractivity contribution in [1.82, 2.24) is 19.7 Å². The van der Waals surface area contributed by atoms with Crippen molar-refractivity contribution in [2.45, 2.75) is 18.8 Å². The van der Waals surface area contributed by atoms with Gasteiger partial charge in [0.05, 0.1) is 5.37 Å². The summed E-state index contributed by atoms with van der Waals surface area (Å²) in [6.07, 6.45) is 3.00. The van der Waals surface area contributed by atoms with E-state index in [9.17, 15) is 4.79 Å². The van der Waals surface area contributed by atoms with Gasteiger partial charge < -0.3 is 4.90 Å². The maximum atomic E-state index is 11.7. The van der Waals surface area contributed by atoms with Gasteiger partial charge in [-0.3, -0.25) is 4.79 Å². The Labute approximate surface area is 86.5 Å². The van der Waals surface area contributed by atoms with E-state index in [4.69, 9.17) is 0 Å². The maximum absolute atomic E-state index is 11.7. The smallest absolute Gasteiger partial charge is 0.245 e. The van der Waals surface area contributed by atoms with E-state index in [1.165, 1.54) is 6.33 Å². The van der Waals surface area contributed by atoms with E-state index in [1.807, 2.05) is 4.90 Å². The van der Waals surface area contributed by atoms with Crippen LogP contribution >= 0.6 is 11.8 Å². The zero-order chi connectivity index (χ0) is 9.97. The van der Waals surface area contributed by atoms with Gasteiger partial charge in [0.2, 0.25) is 5.91 Å². The topological polar surface area (TPSA) is 51.0 Å². The van der Waals surface area contributed by atoms with Crippen LogP contribution in [-0.2, 0) is 11.3 Å². The predicted molar refractivity (Wildman–Crippen MR) is 53.7 cm³/mol. The van der Waals surface area contributed by atoms with E-state index < -0.39 is 0 Å². The van der Waals surface area contributed by atoms with Gasteiger partial charge >= 0.3 is 0 Å². The second-order valence-corrected chi connectivity index (χ2v) is 4.57. The minimum absolute atomic E-state index is 0.119. The number of thioether (sulfide) groups is 1. The Morgan fingerprint density at radius 3 is 3.14 bits per heavy atom. The van der Waals surface area contributed by atoms with Crippen LogP contribution in [0, 0.1) is 0 Å². The molecule has 0 N–H and O–H groups in total. The van der Waals surface area contributed by atoms with Gasteiger partial charge in [0.15, 0.2) is 0 Å². The van der Waals surface area contributed by atoms with E-state index in [-0.39, 0.29) is 5.91 Å². The normalized spacial score (nSPS) is 21.5. The number of carbonyl (C=O) groups excluding carboxylic acids is 1. The quantitative estimate of drug-likeness (QED) is 0.702. The van der Waals surface area contributed by atoms with Crippen molar-refractivity contribution in [2.24, 2.45) is 0 Å². The van der Waals surface area contributed by atoms with Crippen LogP contribution in [0.3, 0.4) is 0 Å². The van der Waals surface area contributed by atoms with Gasteiger partial charge in [0.25, 0.3) is 0 Å². The molecule has 1 unspecified atom stereocenters. The Hall–Kier alpha value is -1.04. The van der Waals surface area contributed by atoms with Crippen molar-refractivity contribution in [3.8, 4) is 0 Å². The van der Waals surface area contributed by atoms with E-state index in [2.05, 4.69) is 17.0 Å². The van der Waals surface area contributed by atoms with Crippen molar-refractivity contribution in [3.05, 3.63) is 12.7 Å². The summed E-state index contributed by atoms with van der Waals surface area (Å²) in [5.74, 6) is 1.15. The summed E-state index contributed by atoms with van der Waals surface area (Å²) >= 11 is 1.81. The molecule has 1 aromatic heterocycles. The molecule has 0 aliphatic carbocycles. The highest BCUT2D eigenvalue weighted by atomic mass is 32.2. The minimum Gasteiger partial charge on any atom is -0.329 e. The second kappa shape index (κ2) is 4.00. The van der Waals surface area contributed by atoms with Crippen LogP contribution in [-0.4, -0.2) is 43.2 Å². The Balaban J connectivity index is 1.95. The van der Waals surface area contributed by atoms with Crippen molar-refractivity contribution in [3.63, 3.8) is 0 Å². The third-order valence-corrected chi connectivity index (χ3v) is 3.37. The van der Waals surface area contributed by atoms with Crippen molar-refractivity contribution < 1.29 is 4.79 Å². The molecule has 2 rings (SSSR count). The molecule has 76 valence electrons. The van der Waals surface area contributed by atoms with Crippen molar-refractivity contribution in [1.29, 1.82) is 0 Å². The summed E-state index contributed by atoms with van der Waals surface area (Å²) in [6.45, 7) is 3.20.